The highest BCUT2D eigenvalue weighted by Crippen LogP contribution is 2.33. The zero-order chi connectivity index (χ0) is 27.0. The molecule has 1 fully saturated rings. The van der Waals surface area contributed by atoms with Crippen molar-refractivity contribution in [1.82, 2.24) is 5.32 Å². The van der Waals surface area contributed by atoms with E-state index >= 15 is 0 Å². The van der Waals surface area contributed by atoms with Gasteiger partial charge < -0.3 is 9.29 Å². The number of barbiturate groups is 1. The number of nitrogens with zero attached hydrogens (tertiary/aromatic N) is 1. The number of phenols is 1. The molecule has 1 aliphatic rings. The normalized spacial score (nSPS) is 15.1. The van der Waals surface area contributed by atoms with E-state index in [1.54, 1.807) is 42.5 Å². The van der Waals surface area contributed by atoms with Gasteiger partial charge in [0.15, 0.2) is 5.75 Å². The van der Waals surface area contributed by atoms with E-state index in [1.807, 2.05) is 6.92 Å². The van der Waals surface area contributed by atoms with E-state index in [0.29, 0.717) is 10.8 Å². The Labute approximate surface area is 217 Å². The summed E-state index contributed by atoms with van der Waals surface area (Å²) in [5, 5.41) is 12.9. The lowest BCUT2D eigenvalue weighted by molar-refractivity contribution is -0.122. The summed E-state index contributed by atoms with van der Waals surface area (Å²) < 4.78 is 31.6. The number of anilines is 1. The van der Waals surface area contributed by atoms with E-state index in [1.165, 1.54) is 48.5 Å². The Balaban J connectivity index is 1.64. The van der Waals surface area contributed by atoms with E-state index in [2.05, 4.69) is 5.32 Å². The average molecular weight is 529 g/mol. The Morgan fingerprint density at radius 1 is 0.868 bits per heavy atom. The summed E-state index contributed by atoms with van der Waals surface area (Å²) >= 11 is 0. The molecule has 0 aromatic heterocycles. The summed E-state index contributed by atoms with van der Waals surface area (Å²) in [7, 11) is -4.26. The minimum atomic E-state index is -4.26. The topological polar surface area (TPSA) is 130 Å². The van der Waals surface area contributed by atoms with Crippen LogP contribution in [0.4, 0.5) is 10.5 Å². The number of amides is 4. The van der Waals surface area contributed by atoms with Crippen molar-refractivity contribution < 1.29 is 32.1 Å². The molecule has 9 nitrogen and oxygen atoms in total. The predicted molar refractivity (Wildman–Crippen MR) is 140 cm³/mol. The third kappa shape index (κ3) is 4.60. The van der Waals surface area contributed by atoms with Crippen LogP contribution in [0.2, 0.25) is 0 Å². The summed E-state index contributed by atoms with van der Waals surface area (Å²) in [6.07, 6.45) is 1.21. The first kappa shape index (κ1) is 24.7. The van der Waals surface area contributed by atoms with Gasteiger partial charge in [0.25, 0.3) is 11.8 Å². The van der Waals surface area contributed by atoms with Crippen LogP contribution in [0.5, 0.6) is 11.5 Å². The fourth-order valence-corrected chi connectivity index (χ4v) is 4.95. The first-order valence-corrected chi connectivity index (χ1v) is 12.8. The molecule has 0 radical (unpaired) electrons. The Morgan fingerprint density at radius 2 is 1.55 bits per heavy atom. The molecule has 0 aliphatic carbocycles. The Morgan fingerprint density at radius 3 is 2.26 bits per heavy atom. The molecular weight excluding hydrogens is 508 g/mol. The van der Waals surface area contributed by atoms with Gasteiger partial charge in [-0.1, -0.05) is 48.0 Å². The highest BCUT2D eigenvalue weighted by molar-refractivity contribution is 7.87. The third-order valence-corrected chi connectivity index (χ3v) is 7.19. The zero-order valence-corrected chi connectivity index (χ0v) is 20.7. The van der Waals surface area contributed by atoms with Crippen LogP contribution < -0.4 is 14.4 Å². The van der Waals surface area contributed by atoms with E-state index in [0.717, 1.165) is 10.5 Å². The minimum absolute atomic E-state index is 0.0644. The maximum Gasteiger partial charge on any atom is 0.339 e. The average Bonchev–Trinajstić information content (AvgIpc) is 2.88. The number of rotatable bonds is 5. The number of phenolic OH excluding ortho intramolecular Hbond substituents is 1. The molecule has 1 heterocycles. The molecule has 1 aliphatic heterocycles. The largest absolute Gasteiger partial charge is 0.508 e. The SMILES string of the molecule is Cc1ccc(S(=O)(=O)Oc2ccc3ccccc3c2/C=C2\C(=O)NC(=O)N(c3ccc(O)cc3)C2=O)cc1. The molecule has 1 saturated heterocycles. The van der Waals surface area contributed by atoms with Gasteiger partial charge in [0.2, 0.25) is 0 Å². The quantitative estimate of drug-likeness (QED) is 0.225. The van der Waals surface area contributed by atoms with Gasteiger partial charge in [-0.15, -0.1) is 0 Å². The summed E-state index contributed by atoms with van der Waals surface area (Å²) in [5.41, 5.74) is 0.749. The summed E-state index contributed by atoms with van der Waals surface area (Å²) in [6.45, 7) is 1.82. The summed E-state index contributed by atoms with van der Waals surface area (Å²) in [5.74, 6) is -2.05. The molecule has 38 heavy (non-hydrogen) atoms. The van der Waals surface area contributed by atoms with Crippen molar-refractivity contribution in [2.45, 2.75) is 11.8 Å². The molecule has 0 unspecified atom stereocenters. The number of fused-ring (bicyclic) bond motifs is 1. The number of hydrogen-bond acceptors (Lipinski definition) is 7. The van der Waals surface area contributed by atoms with Gasteiger partial charge in [0, 0.05) is 5.56 Å². The van der Waals surface area contributed by atoms with Gasteiger partial charge in [-0.25, -0.2) is 9.69 Å². The lowest BCUT2D eigenvalue weighted by Crippen LogP contribution is -2.54. The van der Waals surface area contributed by atoms with Crippen molar-refractivity contribution in [2.75, 3.05) is 4.90 Å². The Hall–Kier alpha value is -4.96. The number of nitrogens with one attached hydrogen (secondary N) is 1. The van der Waals surface area contributed by atoms with Crippen LogP contribution in [-0.4, -0.2) is 31.4 Å². The van der Waals surface area contributed by atoms with E-state index in [4.69, 9.17) is 4.18 Å². The lowest BCUT2D eigenvalue weighted by Gasteiger charge is -2.26. The second-order valence-electron chi connectivity index (χ2n) is 8.52. The number of carbonyl (C=O) groups excluding carboxylic acids is 3. The molecule has 0 saturated carbocycles. The van der Waals surface area contributed by atoms with Crippen LogP contribution >= 0.6 is 0 Å². The monoisotopic (exact) mass is 528 g/mol. The van der Waals surface area contributed by atoms with Gasteiger partial charge in [-0.2, -0.15) is 8.42 Å². The first-order valence-electron chi connectivity index (χ1n) is 11.4. The highest BCUT2D eigenvalue weighted by Gasteiger charge is 2.37. The van der Waals surface area contributed by atoms with Crippen molar-refractivity contribution in [3.05, 3.63) is 102 Å². The number of hydrogen-bond donors (Lipinski definition) is 2. The number of urea groups is 1. The second-order valence-corrected chi connectivity index (χ2v) is 10.1. The van der Waals surface area contributed by atoms with Gasteiger partial charge in [0.05, 0.1) is 5.69 Å². The summed E-state index contributed by atoms with van der Waals surface area (Å²) in [4.78, 5) is 39.4. The fraction of sp³-hybridized carbons (Fsp3) is 0.0357. The number of aryl methyl sites for hydroxylation is 1. The third-order valence-electron chi connectivity index (χ3n) is 5.94. The predicted octanol–water partition coefficient (Wildman–Crippen LogP) is 4.29. The van der Waals surface area contributed by atoms with Crippen molar-refractivity contribution >= 4 is 50.5 Å². The number of aromatic hydroxyl groups is 1. The molecule has 10 heteroatoms. The maximum absolute atomic E-state index is 13.4. The smallest absolute Gasteiger partial charge is 0.339 e. The highest BCUT2D eigenvalue weighted by atomic mass is 32.2. The van der Waals surface area contributed by atoms with Crippen LogP contribution in [0, 0.1) is 6.92 Å². The molecule has 190 valence electrons. The van der Waals surface area contributed by atoms with E-state index in [9.17, 15) is 27.9 Å². The molecule has 0 bridgehead atoms. The number of benzene rings is 4. The van der Waals surface area contributed by atoms with E-state index < -0.39 is 33.5 Å². The maximum atomic E-state index is 13.4. The van der Waals surface area contributed by atoms with Gasteiger partial charge in [-0.3, -0.25) is 14.9 Å². The van der Waals surface area contributed by atoms with Crippen molar-refractivity contribution in [3.63, 3.8) is 0 Å². The minimum Gasteiger partial charge on any atom is -0.508 e. The van der Waals surface area contributed by atoms with Gasteiger partial charge in [-0.05, 0) is 66.2 Å². The number of carbonyl (C=O) groups is 3. The van der Waals surface area contributed by atoms with Gasteiger partial charge >= 0.3 is 16.1 Å². The van der Waals surface area contributed by atoms with Crippen molar-refractivity contribution in [2.24, 2.45) is 0 Å². The molecule has 5 rings (SSSR count). The van der Waals surface area contributed by atoms with Crippen LogP contribution in [0.3, 0.4) is 0 Å². The van der Waals surface area contributed by atoms with Crippen LogP contribution in [0.25, 0.3) is 16.8 Å². The standard InChI is InChI=1S/C28H20N2O7S/c1-17-6-13-21(14-7-17)38(35,36)37-25-15-8-18-4-2-3-5-22(18)23(25)16-24-26(32)29-28(34)30(27(24)33)19-9-11-20(31)12-10-19/h2-16,31H,1H3,(H,29,32,34)/b24-16+. The lowest BCUT2D eigenvalue weighted by atomic mass is 10.00. The molecule has 4 aromatic rings. The second kappa shape index (κ2) is 9.49. The van der Waals surface area contributed by atoms with E-state index in [-0.39, 0.29) is 27.6 Å². The first-order chi connectivity index (χ1) is 18.1. The molecule has 4 aromatic carbocycles. The van der Waals surface area contributed by atoms with Crippen LogP contribution in [0.1, 0.15) is 11.1 Å². The molecule has 0 atom stereocenters. The molecular formula is C28H20N2O7S. The molecule has 2 N–H and O–H groups in total. The zero-order valence-electron chi connectivity index (χ0n) is 19.9. The Bertz CT molecular complexity index is 1740. The summed E-state index contributed by atoms with van der Waals surface area (Å²) in [6, 6.07) is 20.5. The van der Waals surface area contributed by atoms with Gasteiger partial charge in [0.1, 0.15) is 16.2 Å². The Kier molecular flexibility index (Phi) is 6.17. The van der Waals surface area contributed by atoms with Crippen molar-refractivity contribution in [1.29, 1.82) is 0 Å². The van der Waals surface area contributed by atoms with Crippen LogP contribution in [-0.2, 0) is 19.7 Å². The molecule has 0 spiro atoms. The van der Waals surface area contributed by atoms with Crippen molar-refractivity contribution in [3.8, 4) is 11.5 Å². The van der Waals surface area contributed by atoms with Crippen LogP contribution in [0.15, 0.2) is 95.4 Å². The number of imide groups is 2. The fourth-order valence-electron chi connectivity index (χ4n) is 4.01. The molecule has 4 amide bonds.